The van der Waals surface area contributed by atoms with Gasteiger partial charge in [-0.25, -0.2) is 0 Å². The molecule has 6 rings (SSSR count). The van der Waals surface area contributed by atoms with Crippen LogP contribution in [0, 0.1) is 0 Å². The first-order valence-electron chi connectivity index (χ1n) is 11.5. The molecule has 1 aromatic rings. The summed E-state index contributed by atoms with van der Waals surface area (Å²) in [5, 5.41) is 0. The molecule has 0 amide bonds. The highest BCUT2D eigenvalue weighted by molar-refractivity contribution is 8.01. The monoisotopic (exact) mass is 443 g/mol. The fraction of sp³-hybridized carbons (Fsp3) is 0.333. The van der Waals surface area contributed by atoms with Crippen LogP contribution in [0.5, 0.6) is 0 Å². The Hall–Kier alpha value is -2.47. The number of hydrogen-bond acceptors (Lipinski definition) is 5. The van der Waals surface area contributed by atoms with E-state index in [0.29, 0.717) is 12.6 Å². The zero-order chi connectivity index (χ0) is 21.5. The Morgan fingerprint density at radius 2 is 1.94 bits per heavy atom. The van der Waals surface area contributed by atoms with Crippen LogP contribution in [0.2, 0.25) is 0 Å². The molecule has 1 unspecified atom stereocenters. The molecule has 0 bridgehead atoms. The van der Waals surface area contributed by atoms with Crippen molar-refractivity contribution in [3.05, 3.63) is 105 Å². The Labute approximate surface area is 195 Å². The summed E-state index contributed by atoms with van der Waals surface area (Å²) < 4.78 is 8.75. The summed E-state index contributed by atoms with van der Waals surface area (Å²) >= 11 is 1.91. The Kier molecular flexibility index (Phi) is 5.34. The number of fused-ring (bicyclic) bond motifs is 4. The van der Waals surface area contributed by atoms with Gasteiger partial charge in [0, 0.05) is 37.6 Å². The van der Waals surface area contributed by atoms with Gasteiger partial charge in [-0.15, -0.1) is 0 Å². The topological polar surface area (TPSA) is 19.0 Å². The fourth-order valence-electron chi connectivity index (χ4n) is 5.05. The lowest BCUT2D eigenvalue weighted by atomic mass is 9.96. The SMILES string of the molecule is CN1CCN(CC2=C3C=C(OCc4ccccc4)C=CC3N3SC4=CC=CCC4=C23)CC1. The molecule has 0 N–H and O–H groups in total. The lowest BCUT2D eigenvalue weighted by Gasteiger charge is -2.33. The van der Waals surface area contributed by atoms with Gasteiger partial charge in [-0.05, 0) is 65.9 Å². The molecule has 4 nitrogen and oxygen atoms in total. The summed E-state index contributed by atoms with van der Waals surface area (Å²) in [6.07, 6.45) is 14.6. The van der Waals surface area contributed by atoms with Crippen LogP contribution in [0.1, 0.15) is 12.0 Å². The van der Waals surface area contributed by atoms with Crippen molar-refractivity contribution in [2.75, 3.05) is 39.8 Å². The molecule has 3 aliphatic heterocycles. The van der Waals surface area contributed by atoms with Crippen LogP contribution in [-0.4, -0.2) is 59.9 Å². The lowest BCUT2D eigenvalue weighted by Crippen LogP contribution is -2.45. The third kappa shape index (κ3) is 3.68. The van der Waals surface area contributed by atoms with Gasteiger partial charge in [0.15, 0.2) is 0 Å². The largest absolute Gasteiger partial charge is 0.489 e. The highest BCUT2D eigenvalue weighted by Crippen LogP contribution is 2.54. The molecule has 3 heterocycles. The van der Waals surface area contributed by atoms with E-state index in [2.05, 4.69) is 81.9 Å². The van der Waals surface area contributed by atoms with Gasteiger partial charge in [-0.1, -0.05) is 48.6 Å². The smallest absolute Gasteiger partial charge is 0.119 e. The van der Waals surface area contributed by atoms with Crippen LogP contribution in [0.4, 0.5) is 0 Å². The van der Waals surface area contributed by atoms with E-state index in [4.69, 9.17) is 4.74 Å². The van der Waals surface area contributed by atoms with Crippen LogP contribution >= 0.6 is 11.9 Å². The first-order valence-corrected chi connectivity index (χ1v) is 12.3. The summed E-state index contributed by atoms with van der Waals surface area (Å²) in [5.41, 5.74) is 7.06. The highest BCUT2D eigenvalue weighted by atomic mass is 32.2. The first-order chi connectivity index (χ1) is 15.8. The van der Waals surface area contributed by atoms with Crippen molar-refractivity contribution in [3.8, 4) is 0 Å². The van der Waals surface area contributed by atoms with Gasteiger partial charge in [0.2, 0.25) is 0 Å². The molecule has 0 aromatic heterocycles. The Morgan fingerprint density at radius 1 is 1.09 bits per heavy atom. The first kappa shape index (κ1) is 20.2. The highest BCUT2D eigenvalue weighted by Gasteiger charge is 2.43. The standard InChI is InChI=1S/C27H29N3OS/c1-28-13-15-29(16-14-28)18-24-23-17-21(31-19-20-7-3-2-4-8-20)11-12-25(23)30-27(24)22-9-5-6-10-26(22)32-30/h2-8,10-12,17,25H,9,13-16,18-19H2,1H3. The van der Waals surface area contributed by atoms with Crippen LogP contribution in [0.25, 0.3) is 0 Å². The van der Waals surface area contributed by atoms with E-state index in [1.165, 1.54) is 32.9 Å². The summed E-state index contributed by atoms with van der Waals surface area (Å²) in [5.74, 6) is 0.965. The molecule has 1 fully saturated rings. The number of benzene rings is 1. The van der Waals surface area contributed by atoms with Crippen molar-refractivity contribution < 1.29 is 4.74 Å². The number of hydrogen-bond donors (Lipinski definition) is 0. The second kappa shape index (κ2) is 8.47. The van der Waals surface area contributed by atoms with Crippen molar-refractivity contribution in [3.63, 3.8) is 0 Å². The maximum Gasteiger partial charge on any atom is 0.119 e. The molecular formula is C27H29N3OS. The maximum absolute atomic E-state index is 6.21. The molecule has 0 spiro atoms. The number of piperazine rings is 1. The lowest BCUT2D eigenvalue weighted by molar-refractivity contribution is 0.164. The number of allylic oxidation sites excluding steroid dienone is 5. The average Bonchev–Trinajstić information content (AvgIpc) is 3.35. The Bertz CT molecular complexity index is 1090. The van der Waals surface area contributed by atoms with Crippen LogP contribution in [-0.2, 0) is 11.3 Å². The molecule has 164 valence electrons. The predicted molar refractivity (Wildman–Crippen MR) is 132 cm³/mol. The van der Waals surface area contributed by atoms with E-state index in [0.717, 1.165) is 44.9 Å². The molecular weight excluding hydrogens is 414 g/mol. The van der Waals surface area contributed by atoms with Crippen molar-refractivity contribution >= 4 is 11.9 Å². The van der Waals surface area contributed by atoms with E-state index in [1.54, 1.807) is 0 Å². The van der Waals surface area contributed by atoms with Crippen molar-refractivity contribution in [2.45, 2.75) is 19.1 Å². The molecule has 0 saturated carbocycles. The molecule has 5 aliphatic rings. The number of ether oxygens (including phenoxy) is 1. The Morgan fingerprint density at radius 3 is 2.78 bits per heavy atom. The van der Waals surface area contributed by atoms with Crippen molar-refractivity contribution in [1.82, 2.24) is 14.1 Å². The van der Waals surface area contributed by atoms with Gasteiger partial charge in [-0.3, -0.25) is 4.90 Å². The van der Waals surface area contributed by atoms with Crippen molar-refractivity contribution in [1.29, 1.82) is 0 Å². The minimum Gasteiger partial charge on any atom is -0.489 e. The van der Waals surface area contributed by atoms with E-state index in [9.17, 15) is 0 Å². The number of rotatable bonds is 5. The van der Waals surface area contributed by atoms with Gasteiger partial charge < -0.3 is 13.9 Å². The zero-order valence-electron chi connectivity index (χ0n) is 18.5. The van der Waals surface area contributed by atoms with Crippen LogP contribution < -0.4 is 0 Å². The second-order valence-electron chi connectivity index (χ2n) is 9.05. The molecule has 2 aliphatic carbocycles. The second-order valence-corrected chi connectivity index (χ2v) is 10.1. The number of nitrogens with zero attached hydrogens (tertiary/aromatic N) is 3. The van der Waals surface area contributed by atoms with Gasteiger partial charge >= 0.3 is 0 Å². The fourth-order valence-corrected chi connectivity index (χ4v) is 6.30. The van der Waals surface area contributed by atoms with Crippen LogP contribution in [0.15, 0.2) is 99.9 Å². The van der Waals surface area contributed by atoms with E-state index in [1.807, 2.05) is 18.0 Å². The molecule has 32 heavy (non-hydrogen) atoms. The molecule has 1 aromatic carbocycles. The van der Waals surface area contributed by atoms with E-state index >= 15 is 0 Å². The third-order valence-corrected chi connectivity index (χ3v) is 8.06. The summed E-state index contributed by atoms with van der Waals surface area (Å²) in [6, 6.07) is 10.7. The third-order valence-electron chi connectivity index (χ3n) is 6.88. The molecule has 1 saturated heterocycles. The summed E-state index contributed by atoms with van der Waals surface area (Å²) in [7, 11) is 2.22. The quantitative estimate of drug-likeness (QED) is 0.616. The molecule has 1 atom stereocenters. The molecule has 5 heteroatoms. The number of likely N-dealkylation sites (N-methyl/N-ethyl adjacent to an activating group) is 1. The predicted octanol–water partition coefficient (Wildman–Crippen LogP) is 4.64. The van der Waals surface area contributed by atoms with Gasteiger partial charge in [0.1, 0.15) is 12.4 Å². The van der Waals surface area contributed by atoms with Crippen LogP contribution in [0.3, 0.4) is 0 Å². The van der Waals surface area contributed by atoms with Gasteiger partial charge in [0.05, 0.1) is 11.7 Å². The normalized spacial score (nSPS) is 25.0. The van der Waals surface area contributed by atoms with Crippen molar-refractivity contribution in [2.24, 2.45) is 0 Å². The van der Waals surface area contributed by atoms with E-state index < -0.39 is 0 Å². The average molecular weight is 444 g/mol. The maximum atomic E-state index is 6.21. The minimum absolute atomic E-state index is 0.292. The zero-order valence-corrected chi connectivity index (χ0v) is 19.4. The Balaban J connectivity index is 1.33. The van der Waals surface area contributed by atoms with Gasteiger partial charge in [0.25, 0.3) is 0 Å². The van der Waals surface area contributed by atoms with Gasteiger partial charge in [-0.2, -0.15) is 0 Å². The minimum atomic E-state index is 0.292. The summed E-state index contributed by atoms with van der Waals surface area (Å²) in [4.78, 5) is 6.47. The van der Waals surface area contributed by atoms with E-state index in [-0.39, 0.29) is 0 Å². The summed E-state index contributed by atoms with van der Waals surface area (Å²) in [6.45, 7) is 6.17. The molecule has 0 radical (unpaired) electrons.